The van der Waals surface area contributed by atoms with Gasteiger partial charge in [0.2, 0.25) is 0 Å². The van der Waals surface area contributed by atoms with Crippen LogP contribution in [-0.4, -0.2) is 20.6 Å². The quantitative estimate of drug-likeness (QED) is 0.844. The maximum Gasteiger partial charge on any atom is 0.337 e. The Morgan fingerprint density at radius 1 is 1.33 bits per heavy atom. The number of unbranched alkanes of at least 4 members (excludes halogenated alkanes) is 1. The fourth-order valence-corrected chi connectivity index (χ4v) is 2.82. The second-order valence-electron chi connectivity index (χ2n) is 5.96. The molecule has 1 aromatic heterocycles. The number of aromatic nitrogens is 2. The van der Waals surface area contributed by atoms with E-state index in [0.717, 1.165) is 36.1 Å². The highest BCUT2D eigenvalue weighted by Crippen LogP contribution is 2.30. The Bertz CT molecular complexity index is 644. The highest BCUT2D eigenvalue weighted by molar-refractivity contribution is 6.01. The molecular weight excluding hydrogens is 264 g/mol. The van der Waals surface area contributed by atoms with E-state index in [1.165, 1.54) is 0 Å². The van der Waals surface area contributed by atoms with E-state index in [-0.39, 0.29) is 12.0 Å². The predicted molar refractivity (Wildman–Crippen MR) is 85.0 cm³/mol. The number of fused-ring (bicyclic) bond motifs is 1. The van der Waals surface area contributed by atoms with Gasteiger partial charge in [-0.05, 0) is 25.5 Å². The van der Waals surface area contributed by atoms with E-state index >= 15 is 0 Å². The Labute approximate surface area is 125 Å². The largest absolute Gasteiger partial charge is 0.478 e. The Kier molecular flexibility index (Phi) is 4.66. The lowest BCUT2D eigenvalue weighted by molar-refractivity contribution is 0.0698. The van der Waals surface area contributed by atoms with Crippen molar-refractivity contribution in [2.75, 3.05) is 0 Å². The summed E-state index contributed by atoms with van der Waals surface area (Å²) in [6.45, 7) is 8.53. The molecule has 1 N–H and O–H groups in total. The van der Waals surface area contributed by atoms with Crippen LogP contribution in [0.15, 0.2) is 18.2 Å². The highest BCUT2D eigenvalue weighted by atomic mass is 16.4. The standard InChI is InChI=1S/C17H24N2O2/c1-5-6-8-12(4)19-15-13(17(20)21)9-7-10-14(15)18-16(19)11(2)3/h7,9-12H,5-6,8H2,1-4H3,(H,20,21). The molecule has 0 bridgehead atoms. The van der Waals surface area contributed by atoms with Crippen LogP contribution in [-0.2, 0) is 0 Å². The molecule has 4 heteroatoms. The van der Waals surface area contributed by atoms with Crippen molar-refractivity contribution in [3.8, 4) is 0 Å². The number of aromatic carboxylic acids is 1. The molecule has 1 atom stereocenters. The van der Waals surface area contributed by atoms with Crippen molar-refractivity contribution in [3.63, 3.8) is 0 Å². The van der Waals surface area contributed by atoms with Gasteiger partial charge in [0.15, 0.2) is 0 Å². The number of benzene rings is 1. The van der Waals surface area contributed by atoms with Gasteiger partial charge in [0, 0.05) is 12.0 Å². The summed E-state index contributed by atoms with van der Waals surface area (Å²) in [5.74, 6) is 0.352. The average molecular weight is 288 g/mol. The van der Waals surface area contributed by atoms with Crippen LogP contribution in [0.2, 0.25) is 0 Å². The lowest BCUT2D eigenvalue weighted by atomic mass is 10.1. The zero-order valence-electron chi connectivity index (χ0n) is 13.3. The van der Waals surface area contributed by atoms with Gasteiger partial charge in [0.25, 0.3) is 0 Å². The van der Waals surface area contributed by atoms with Crippen molar-refractivity contribution in [1.29, 1.82) is 0 Å². The van der Waals surface area contributed by atoms with E-state index in [4.69, 9.17) is 0 Å². The Hall–Kier alpha value is -1.84. The van der Waals surface area contributed by atoms with Gasteiger partial charge >= 0.3 is 5.97 Å². The molecule has 0 saturated carbocycles. The van der Waals surface area contributed by atoms with Gasteiger partial charge in [0.1, 0.15) is 5.82 Å². The van der Waals surface area contributed by atoms with E-state index in [1.54, 1.807) is 12.1 Å². The van der Waals surface area contributed by atoms with Gasteiger partial charge in [-0.1, -0.05) is 39.7 Å². The molecule has 1 heterocycles. The van der Waals surface area contributed by atoms with Crippen LogP contribution in [0.25, 0.3) is 11.0 Å². The summed E-state index contributed by atoms with van der Waals surface area (Å²) in [4.78, 5) is 16.2. The van der Waals surface area contributed by atoms with Gasteiger partial charge in [0.05, 0.1) is 16.6 Å². The lowest BCUT2D eigenvalue weighted by Crippen LogP contribution is -2.12. The first-order valence-corrected chi connectivity index (χ1v) is 7.71. The zero-order chi connectivity index (χ0) is 15.6. The minimum absolute atomic E-state index is 0.257. The summed E-state index contributed by atoms with van der Waals surface area (Å²) >= 11 is 0. The molecule has 0 aliphatic heterocycles. The first-order valence-electron chi connectivity index (χ1n) is 7.71. The van der Waals surface area contributed by atoms with Crippen LogP contribution in [0.1, 0.15) is 75.1 Å². The lowest BCUT2D eigenvalue weighted by Gasteiger charge is -2.19. The minimum Gasteiger partial charge on any atom is -0.478 e. The summed E-state index contributed by atoms with van der Waals surface area (Å²) in [7, 11) is 0. The molecule has 0 aliphatic carbocycles. The monoisotopic (exact) mass is 288 g/mol. The molecule has 2 aromatic rings. The molecule has 0 saturated heterocycles. The third-order valence-corrected chi connectivity index (χ3v) is 3.90. The number of carboxylic acids is 1. The predicted octanol–water partition coefficient (Wildman–Crippen LogP) is 4.61. The van der Waals surface area contributed by atoms with E-state index in [2.05, 4.69) is 37.2 Å². The molecular formula is C17H24N2O2. The van der Waals surface area contributed by atoms with Crippen molar-refractivity contribution in [2.45, 2.75) is 58.9 Å². The molecule has 21 heavy (non-hydrogen) atoms. The summed E-state index contributed by atoms with van der Waals surface area (Å²) in [6, 6.07) is 5.59. The number of para-hydroxylation sites is 1. The van der Waals surface area contributed by atoms with Gasteiger partial charge in [-0.3, -0.25) is 0 Å². The summed E-state index contributed by atoms with van der Waals surface area (Å²) in [5, 5.41) is 9.47. The first kappa shape index (κ1) is 15.5. The van der Waals surface area contributed by atoms with Crippen molar-refractivity contribution in [3.05, 3.63) is 29.6 Å². The number of imidazole rings is 1. The maximum absolute atomic E-state index is 11.5. The van der Waals surface area contributed by atoms with Crippen LogP contribution < -0.4 is 0 Å². The number of hydrogen-bond acceptors (Lipinski definition) is 2. The van der Waals surface area contributed by atoms with Crippen LogP contribution >= 0.6 is 0 Å². The van der Waals surface area contributed by atoms with E-state index in [1.807, 2.05) is 6.07 Å². The SMILES string of the molecule is CCCCC(C)n1c(C(C)C)nc2cccc(C(=O)O)c21. The van der Waals surface area contributed by atoms with E-state index in [9.17, 15) is 9.90 Å². The second-order valence-corrected chi connectivity index (χ2v) is 5.96. The average Bonchev–Trinajstić information content (AvgIpc) is 2.84. The van der Waals surface area contributed by atoms with Crippen LogP contribution in [0.4, 0.5) is 0 Å². The van der Waals surface area contributed by atoms with Crippen LogP contribution in [0.3, 0.4) is 0 Å². The topological polar surface area (TPSA) is 55.1 Å². The number of carboxylic acid groups (broad SMARTS) is 1. The van der Waals surface area contributed by atoms with Gasteiger partial charge in [-0.25, -0.2) is 9.78 Å². The van der Waals surface area contributed by atoms with Gasteiger partial charge < -0.3 is 9.67 Å². The maximum atomic E-state index is 11.5. The molecule has 0 amide bonds. The van der Waals surface area contributed by atoms with E-state index in [0.29, 0.717) is 5.56 Å². The van der Waals surface area contributed by atoms with Gasteiger partial charge in [-0.2, -0.15) is 0 Å². The Balaban J connectivity index is 2.68. The summed E-state index contributed by atoms with van der Waals surface area (Å²) in [6.07, 6.45) is 3.31. The molecule has 1 aromatic carbocycles. The number of rotatable bonds is 6. The molecule has 2 rings (SSSR count). The minimum atomic E-state index is -0.889. The van der Waals surface area contributed by atoms with Crippen molar-refractivity contribution >= 4 is 17.0 Å². The second kappa shape index (κ2) is 6.29. The van der Waals surface area contributed by atoms with Gasteiger partial charge in [-0.15, -0.1) is 0 Å². The molecule has 114 valence electrons. The number of hydrogen-bond donors (Lipinski definition) is 1. The molecule has 4 nitrogen and oxygen atoms in total. The summed E-state index contributed by atoms with van der Waals surface area (Å²) in [5.41, 5.74) is 1.88. The van der Waals surface area contributed by atoms with Crippen molar-refractivity contribution in [1.82, 2.24) is 9.55 Å². The van der Waals surface area contributed by atoms with Crippen LogP contribution in [0, 0.1) is 0 Å². The Morgan fingerprint density at radius 3 is 2.62 bits per heavy atom. The first-order chi connectivity index (χ1) is 9.97. The van der Waals surface area contributed by atoms with Crippen molar-refractivity contribution in [2.24, 2.45) is 0 Å². The van der Waals surface area contributed by atoms with Crippen molar-refractivity contribution < 1.29 is 9.90 Å². The fourth-order valence-electron chi connectivity index (χ4n) is 2.82. The molecule has 0 spiro atoms. The summed E-state index contributed by atoms with van der Waals surface area (Å²) < 4.78 is 2.14. The molecule has 0 radical (unpaired) electrons. The molecule has 1 unspecified atom stereocenters. The number of carbonyl (C=O) groups is 1. The van der Waals surface area contributed by atoms with E-state index < -0.39 is 5.97 Å². The Morgan fingerprint density at radius 2 is 2.05 bits per heavy atom. The zero-order valence-corrected chi connectivity index (χ0v) is 13.3. The third kappa shape index (κ3) is 2.94. The number of nitrogens with zero attached hydrogens (tertiary/aromatic N) is 2. The normalized spacial score (nSPS) is 13.0. The highest BCUT2D eigenvalue weighted by Gasteiger charge is 2.22. The molecule has 0 fully saturated rings. The van der Waals surface area contributed by atoms with Crippen LogP contribution in [0.5, 0.6) is 0 Å². The smallest absolute Gasteiger partial charge is 0.337 e. The molecule has 0 aliphatic rings. The third-order valence-electron chi connectivity index (χ3n) is 3.90. The fraction of sp³-hybridized carbons (Fsp3) is 0.529.